The summed E-state index contributed by atoms with van der Waals surface area (Å²) in [5.74, 6) is -0.0285. The number of nitrogens with zero attached hydrogens (tertiary/aromatic N) is 1. The van der Waals surface area contributed by atoms with E-state index in [1.807, 2.05) is 20.8 Å². The van der Waals surface area contributed by atoms with Gasteiger partial charge < -0.3 is 4.90 Å². The van der Waals surface area contributed by atoms with Crippen LogP contribution in [0, 0.1) is 5.41 Å². The van der Waals surface area contributed by atoms with Crippen LogP contribution in [0.3, 0.4) is 0 Å². The van der Waals surface area contributed by atoms with Crippen LogP contribution in [0.5, 0.6) is 0 Å². The zero-order valence-corrected chi connectivity index (χ0v) is 8.57. The normalized spacial score (nSPS) is 14.4. The summed E-state index contributed by atoms with van der Waals surface area (Å²) < 4.78 is 0. The Morgan fingerprint density at radius 2 is 1.73 bits per heavy atom. The van der Waals surface area contributed by atoms with Crippen molar-refractivity contribution in [2.75, 3.05) is 14.1 Å². The second-order valence-electron chi connectivity index (χ2n) is 3.96. The van der Waals surface area contributed by atoms with Gasteiger partial charge in [-0.25, -0.2) is 0 Å². The smallest absolute Gasteiger partial charge is 0.240 e. The molecule has 0 aromatic carbocycles. The Hall–Kier alpha value is -0.240. The highest BCUT2D eigenvalue weighted by molar-refractivity contribution is 6.31. The summed E-state index contributed by atoms with van der Waals surface area (Å²) in [6.07, 6.45) is 0. The van der Waals surface area contributed by atoms with Crippen molar-refractivity contribution in [2.45, 2.75) is 26.1 Å². The van der Waals surface area contributed by atoms with Crippen molar-refractivity contribution in [2.24, 2.45) is 5.41 Å². The fraction of sp³-hybridized carbons (Fsp3) is 0.875. The van der Waals surface area contributed by atoms with Crippen molar-refractivity contribution in [1.82, 2.24) is 4.90 Å². The van der Waals surface area contributed by atoms with Gasteiger partial charge in [0.2, 0.25) is 5.91 Å². The molecular formula is C8H16ClNO. The largest absolute Gasteiger partial charge is 0.348 e. The van der Waals surface area contributed by atoms with Crippen molar-refractivity contribution in [3.05, 3.63) is 0 Å². The van der Waals surface area contributed by atoms with Crippen LogP contribution in [0.1, 0.15) is 20.8 Å². The number of amides is 1. The average molecular weight is 178 g/mol. The van der Waals surface area contributed by atoms with E-state index in [2.05, 4.69) is 0 Å². The monoisotopic (exact) mass is 177 g/mol. The van der Waals surface area contributed by atoms with Gasteiger partial charge in [-0.2, -0.15) is 0 Å². The van der Waals surface area contributed by atoms with Crippen LogP contribution >= 0.6 is 11.6 Å². The standard InChI is InChI=1S/C8H16ClNO/c1-8(2,3)6(9)7(11)10(4)5/h6H,1-5H3/t6-/m1/s1. The Labute approximate surface area is 73.5 Å². The first-order valence-electron chi connectivity index (χ1n) is 3.62. The molecule has 0 saturated carbocycles. The molecule has 0 aliphatic carbocycles. The highest BCUT2D eigenvalue weighted by Crippen LogP contribution is 2.25. The van der Waals surface area contributed by atoms with Gasteiger partial charge in [0.25, 0.3) is 0 Å². The highest BCUT2D eigenvalue weighted by Gasteiger charge is 2.29. The van der Waals surface area contributed by atoms with Crippen LogP contribution in [0.15, 0.2) is 0 Å². The van der Waals surface area contributed by atoms with Crippen molar-refractivity contribution in [3.63, 3.8) is 0 Å². The minimum absolute atomic E-state index is 0.0285. The first kappa shape index (κ1) is 10.8. The van der Waals surface area contributed by atoms with E-state index in [0.29, 0.717) is 0 Å². The zero-order chi connectivity index (χ0) is 9.23. The summed E-state index contributed by atoms with van der Waals surface area (Å²) in [7, 11) is 3.42. The molecule has 0 aliphatic heterocycles. The molecule has 0 unspecified atom stereocenters. The molecule has 0 radical (unpaired) electrons. The maximum Gasteiger partial charge on any atom is 0.240 e. The van der Waals surface area contributed by atoms with Crippen molar-refractivity contribution < 1.29 is 4.79 Å². The van der Waals surface area contributed by atoms with E-state index in [0.717, 1.165) is 0 Å². The lowest BCUT2D eigenvalue weighted by Gasteiger charge is -2.26. The zero-order valence-electron chi connectivity index (χ0n) is 7.81. The molecule has 66 valence electrons. The molecule has 0 N–H and O–H groups in total. The van der Waals surface area contributed by atoms with Gasteiger partial charge in [0.1, 0.15) is 5.38 Å². The fourth-order valence-corrected chi connectivity index (χ4v) is 0.792. The molecule has 0 aromatic rings. The highest BCUT2D eigenvalue weighted by atomic mass is 35.5. The third-order valence-electron chi connectivity index (χ3n) is 1.42. The topological polar surface area (TPSA) is 20.3 Å². The van der Waals surface area contributed by atoms with Crippen LogP contribution in [-0.4, -0.2) is 30.3 Å². The Morgan fingerprint density at radius 1 is 1.36 bits per heavy atom. The summed E-state index contributed by atoms with van der Waals surface area (Å²) in [4.78, 5) is 12.8. The van der Waals surface area contributed by atoms with Gasteiger partial charge in [0.15, 0.2) is 0 Å². The number of rotatable bonds is 1. The second kappa shape index (κ2) is 3.44. The summed E-state index contributed by atoms with van der Waals surface area (Å²) >= 11 is 5.91. The minimum Gasteiger partial charge on any atom is -0.348 e. The molecule has 0 saturated heterocycles. The lowest BCUT2D eigenvalue weighted by molar-refractivity contribution is -0.130. The molecule has 0 fully saturated rings. The van der Waals surface area contributed by atoms with E-state index in [4.69, 9.17) is 11.6 Å². The average Bonchev–Trinajstić information content (AvgIpc) is 1.82. The third kappa shape index (κ3) is 3.10. The molecule has 0 bridgehead atoms. The maximum atomic E-state index is 11.3. The van der Waals surface area contributed by atoms with E-state index < -0.39 is 5.38 Å². The molecule has 11 heavy (non-hydrogen) atoms. The van der Waals surface area contributed by atoms with Gasteiger partial charge in [-0.1, -0.05) is 20.8 Å². The van der Waals surface area contributed by atoms with Crippen LogP contribution < -0.4 is 0 Å². The summed E-state index contributed by atoms with van der Waals surface area (Å²) in [6.45, 7) is 5.85. The summed E-state index contributed by atoms with van der Waals surface area (Å²) in [6, 6.07) is 0. The summed E-state index contributed by atoms with van der Waals surface area (Å²) in [5.41, 5.74) is -0.164. The van der Waals surface area contributed by atoms with E-state index in [9.17, 15) is 4.79 Å². The lowest BCUT2D eigenvalue weighted by atomic mass is 9.91. The van der Waals surface area contributed by atoms with Crippen LogP contribution in [-0.2, 0) is 4.79 Å². The first-order chi connectivity index (χ1) is 4.76. The Bertz CT molecular complexity index is 149. The van der Waals surface area contributed by atoms with Gasteiger partial charge in [-0.15, -0.1) is 11.6 Å². The van der Waals surface area contributed by atoms with Crippen molar-refractivity contribution in [1.29, 1.82) is 0 Å². The Balaban J connectivity index is 4.26. The molecular weight excluding hydrogens is 162 g/mol. The molecule has 2 nitrogen and oxygen atoms in total. The Morgan fingerprint density at radius 3 is 1.82 bits per heavy atom. The first-order valence-corrected chi connectivity index (χ1v) is 4.05. The van der Waals surface area contributed by atoms with E-state index in [1.54, 1.807) is 14.1 Å². The van der Waals surface area contributed by atoms with E-state index >= 15 is 0 Å². The van der Waals surface area contributed by atoms with Gasteiger partial charge in [-0.3, -0.25) is 4.79 Å². The fourth-order valence-electron chi connectivity index (χ4n) is 0.597. The van der Waals surface area contributed by atoms with Gasteiger partial charge in [-0.05, 0) is 5.41 Å². The van der Waals surface area contributed by atoms with Crippen molar-refractivity contribution >= 4 is 17.5 Å². The lowest BCUT2D eigenvalue weighted by Crippen LogP contribution is -2.38. The van der Waals surface area contributed by atoms with E-state index in [-0.39, 0.29) is 11.3 Å². The number of carbonyl (C=O) groups is 1. The van der Waals surface area contributed by atoms with Crippen LogP contribution in [0.25, 0.3) is 0 Å². The molecule has 1 amide bonds. The van der Waals surface area contributed by atoms with E-state index in [1.165, 1.54) is 4.90 Å². The summed E-state index contributed by atoms with van der Waals surface area (Å²) in [5, 5.41) is -0.433. The minimum atomic E-state index is -0.433. The van der Waals surface area contributed by atoms with Gasteiger partial charge in [0, 0.05) is 14.1 Å². The second-order valence-corrected chi connectivity index (χ2v) is 4.40. The van der Waals surface area contributed by atoms with Gasteiger partial charge >= 0.3 is 0 Å². The van der Waals surface area contributed by atoms with Gasteiger partial charge in [0.05, 0.1) is 0 Å². The predicted molar refractivity (Wildman–Crippen MR) is 47.8 cm³/mol. The number of hydrogen-bond donors (Lipinski definition) is 0. The van der Waals surface area contributed by atoms with Crippen molar-refractivity contribution in [3.8, 4) is 0 Å². The molecule has 0 rings (SSSR count). The number of alkyl halides is 1. The maximum absolute atomic E-state index is 11.3. The molecule has 0 aliphatic rings. The number of carbonyl (C=O) groups excluding carboxylic acids is 1. The molecule has 0 heterocycles. The number of halogens is 1. The molecule has 3 heteroatoms. The third-order valence-corrected chi connectivity index (χ3v) is 2.26. The molecule has 0 spiro atoms. The number of hydrogen-bond acceptors (Lipinski definition) is 1. The predicted octanol–water partition coefficient (Wildman–Crippen LogP) is 1.73. The molecule has 1 atom stereocenters. The molecule has 0 aromatic heterocycles. The van der Waals surface area contributed by atoms with Crippen LogP contribution in [0.4, 0.5) is 0 Å². The van der Waals surface area contributed by atoms with Crippen LogP contribution in [0.2, 0.25) is 0 Å². The SMILES string of the molecule is CN(C)C(=O)[C@@H](Cl)C(C)(C)C. The Kier molecular flexibility index (Phi) is 3.36. The quantitative estimate of drug-likeness (QED) is 0.559.